The minimum atomic E-state index is -0.393. The van der Waals surface area contributed by atoms with Crippen molar-refractivity contribution in [3.8, 4) is 5.75 Å². The van der Waals surface area contributed by atoms with Crippen molar-refractivity contribution in [2.75, 3.05) is 7.11 Å². The number of methoxy groups -OCH3 is 1. The van der Waals surface area contributed by atoms with Crippen molar-refractivity contribution in [2.45, 2.75) is 20.3 Å². The van der Waals surface area contributed by atoms with E-state index in [1.807, 2.05) is 13.8 Å². The Morgan fingerprint density at radius 3 is 2.38 bits per heavy atom. The first-order valence-electron chi connectivity index (χ1n) is 5.31. The molecule has 0 saturated carbocycles. The van der Waals surface area contributed by atoms with Crippen molar-refractivity contribution in [3.05, 3.63) is 42.5 Å². The highest BCUT2D eigenvalue weighted by Gasteiger charge is 2.26. The second-order valence-corrected chi connectivity index (χ2v) is 4.43. The van der Waals surface area contributed by atoms with E-state index in [1.165, 1.54) is 0 Å². The summed E-state index contributed by atoms with van der Waals surface area (Å²) in [5, 5.41) is 0. The summed E-state index contributed by atoms with van der Waals surface area (Å²) in [4.78, 5) is 12.2. The van der Waals surface area contributed by atoms with E-state index in [2.05, 4.69) is 6.58 Å². The Kier molecular flexibility index (Phi) is 3.88. The van der Waals surface area contributed by atoms with Gasteiger partial charge in [-0.25, -0.2) is 0 Å². The summed E-state index contributed by atoms with van der Waals surface area (Å²) in [7, 11) is 1.61. The minimum Gasteiger partial charge on any atom is -0.497 e. The molecule has 2 nitrogen and oxygen atoms in total. The van der Waals surface area contributed by atoms with Crippen LogP contribution in [0.25, 0.3) is 0 Å². The monoisotopic (exact) mass is 218 g/mol. The van der Waals surface area contributed by atoms with Crippen LogP contribution in [0.2, 0.25) is 0 Å². The topological polar surface area (TPSA) is 26.3 Å². The number of benzene rings is 1. The van der Waals surface area contributed by atoms with Gasteiger partial charge in [0.15, 0.2) is 5.78 Å². The van der Waals surface area contributed by atoms with E-state index in [0.717, 1.165) is 5.75 Å². The average Bonchev–Trinajstić information content (AvgIpc) is 2.28. The van der Waals surface area contributed by atoms with Crippen molar-refractivity contribution in [1.82, 2.24) is 0 Å². The Balaban J connectivity index is 2.91. The highest BCUT2D eigenvalue weighted by molar-refractivity contribution is 6.00. The molecular formula is C14H18O2. The van der Waals surface area contributed by atoms with Crippen LogP contribution in [0.3, 0.4) is 0 Å². The van der Waals surface area contributed by atoms with Crippen molar-refractivity contribution in [1.29, 1.82) is 0 Å². The minimum absolute atomic E-state index is 0.134. The van der Waals surface area contributed by atoms with Crippen LogP contribution >= 0.6 is 0 Å². The van der Waals surface area contributed by atoms with E-state index in [0.29, 0.717) is 12.0 Å². The molecule has 0 radical (unpaired) electrons. The maximum atomic E-state index is 12.2. The zero-order valence-corrected chi connectivity index (χ0v) is 10.1. The Morgan fingerprint density at radius 2 is 1.94 bits per heavy atom. The van der Waals surface area contributed by atoms with Gasteiger partial charge in [0, 0.05) is 11.0 Å². The van der Waals surface area contributed by atoms with E-state index in [-0.39, 0.29) is 5.78 Å². The standard InChI is InChI=1S/C14H18O2/c1-5-10-14(2,3)13(15)11-6-8-12(16-4)9-7-11/h5-9H,1,10H2,2-4H3. The molecule has 0 spiro atoms. The molecule has 0 unspecified atom stereocenters. The van der Waals surface area contributed by atoms with Crippen LogP contribution in [0.15, 0.2) is 36.9 Å². The molecule has 0 aromatic heterocycles. The molecule has 1 aromatic carbocycles. The smallest absolute Gasteiger partial charge is 0.168 e. The molecular weight excluding hydrogens is 200 g/mol. The second-order valence-electron chi connectivity index (χ2n) is 4.43. The van der Waals surface area contributed by atoms with Gasteiger partial charge in [-0.3, -0.25) is 4.79 Å². The maximum Gasteiger partial charge on any atom is 0.168 e. The molecule has 1 aromatic rings. The second kappa shape index (κ2) is 4.97. The summed E-state index contributed by atoms with van der Waals surface area (Å²) in [6.07, 6.45) is 2.46. The zero-order valence-electron chi connectivity index (χ0n) is 10.1. The van der Waals surface area contributed by atoms with Crippen LogP contribution in [0.4, 0.5) is 0 Å². The summed E-state index contributed by atoms with van der Waals surface area (Å²) in [6, 6.07) is 7.20. The fourth-order valence-electron chi connectivity index (χ4n) is 1.59. The van der Waals surface area contributed by atoms with Gasteiger partial charge < -0.3 is 4.74 Å². The highest BCUT2D eigenvalue weighted by atomic mass is 16.5. The summed E-state index contributed by atoms with van der Waals surface area (Å²) < 4.78 is 5.05. The fraction of sp³-hybridized carbons (Fsp3) is 0.357. The number of hydrogen-bond acceptors (Lipinski definition) is 2. The van der Waals surface area contributed by atoms with E-state index in [4.69, 9.17) is 4.74 Å². The number of hydrogen-bond donors (Lipinski definition) is 0. The number of carbonyl (C=O) groups excluding carboxylic acids is 1. The lowest BCUT2D eigenvalue weighted by molar-refractivity contribution is 0.0841. The predicted octanol–water partition coefficient (Wildman–Crippen LogP) is 3.48. The van der Waals surface area contributed by atoms with Gasteiger partial charge in [0.05, 0.1) is 7.11 Å². The molecule has 86 valence electrons. The number of ether oxygens (including phenoxy) is 1. The lowest BCUT2D eigenvalue weighted by Gasteiger charge is -2.21. The normalized spacial score (nSPS) is 10.9. The quantitative estimate of drug-likeness (QED) is 0.558. The van der Waals surface area contributed by atoms with Crippen LogP contribution < -0.4 is 4.74 Å². The van der Waals surface area contributed by atoms with E-state index < -0.39 is 5.41 Å². The molecule has 0 fully saturated rings. The summed E-state index contributed by atoms with van der Waals surface area (Å²) in [5.74, 6) is 0.896. The molecule has 0 amide bonds. The third kappa shape index (κ3) is 2.72. The van der Waals surface area contributed by atoms with Gasteiger partial charge in [-0.1, -0.05) is 19.9 Å². The van der Waals surface area contributed by atoms with E-state index >= 15 is 0 Å². The van der Waals surface area contributed by atoms with Crippen LogP contribution in [0.1, 0.15) is 30.6 Å². The molecule has 0 aliphatic rings. The molecule has 0 bridgehead atoms. The maximum absolute atomic E-state index is 12.2. The Morgan fingerprint density at radius 1 is 1.38 bits per heavy atom. The third-order valence-electron chi connectivity index (χ3n) is 2.62. The van der Waals surface area contributed by atoms with Crippen LogP contribution in [-0.2, 0) is 0 Å². The number of rotatable bonds is 5. The molecule has 0 N–H and O–H groups in total. The predicted molar refractivity (Wildman–Crippen MR) is 65.9 cm³/mol. The van der Waals surface area contributed by atoms with Gasteiger partial charge in [-0.2, -0.15) is 0 Å². The van der Waals surface area contributed by atoms with Gasteiger partial charge in [0.25, 0.3) is 0 Å². The summed E-state index contributed by atoms with van der Waals surface area (Å²) >= 11 is 0. The average molecular weight is 218 g/mol. The van der Waals surface area contributed by atoms with Crippen LogP contribution in [0, 0.1) is 5.41 Å². The summed E-state index contributed by atoms with van der Waals surface area (Å²) in [6.45, 7) is 7.54. The Labute approximate surface area is 96.9 Å². The van der Waals surface area contributed by atoms with Crippen molar-refractivity contribution in [2.24, 2.45) is 5.41 Å². The number of carbonyl (C=O) groups is 1. The number of ketones is 1. The zero-order chi connectivity index (χ0) is 12.2. The first-order chi connectivity index (χ1) is 7.51. The fourth-order valence-corrected chi connectivity index (χ4v) is 1.59. The van der Waals surface area contributed by atoms with Crippen LogP contribution in [-0.4, -0.2) is 12.9 Å². The molecule has 0 saturated heterocycles. The van der Waals surface area contributed by atoms with E-state index in [9.17, 15) is 4.79 Å². The first-order valence-corrected chi connectivity index (χ1v) is 5.31. The molecule has 0 aliphatic heterocycles. The van der Waals surface area contributed by atoms with Gasteiger partial charge in [0.1, 0.15) is 5.75 Å². The van der Waals surface area contributed by atoms with Crippen LogP contribution in [0.5, 0.6) is 5.75 Å². The van der Waals surface area contributed by atoms with Crippen molar-refractivity contribution < 1.29 is 9.53 Å². The van der Waals surface area contributed by atoms with Crippen molar-refractivity contribution in [3.63, 3.8) is 0 Å². The molecule has 1 rings (SSSR count). The SMILES string of the molecule is C=CCC(C)(C)C(=O)c1ccc(OC)cc1. The third-order valence-corrected chi connectivity index (χ3v) is 2.62. The lowest BCUT2D eigenvalue weighted by atomic mass is 9.81. The largest absolute Gasteiger partial charge is 0.497 e. The highest BCUT2D eigenvalue weighted by Crippen LogP contribution is 2.27. The number of Topliss-reactive ketones (excluding diaryl/α,β-unsaturated/α-hetero) is 1. The van der Waals surface area contributed by atoms with Gasteiger partial charge >= 0.3 is 0 Å². The molecule has 0 aliphatic carbocycles. The molecule has 2 heteroatoms. The summed E-state index contributed by atoms with van der Waals surface area (Å²) in [5.41, 5.74) is 0.323. The molecule has 0 atom stereocenters. The van der Waals surface area contributed by atoms with Crippen molar-refractivity contribution >= 4 is 5.78 Å². The number of allylic oxidation sites excluding steroid dienone is 1. The van der Waals surface area contributed by atoms with Gasteiger partial charge in [0.2, 0.25) is 0 Å². The van der Waals surface area contributed by atoms with E-state index in [1.54, 1.807) is 37.5 Å². The molecule has 0 heterocycles. The Hall–Kier alpha value is -1.57. The lowest BCUT2D eigenvalue weighted by Crippen LogP contribution is -2.23. The Bertz CT molecular complexity index is 374. The first kappa shape index (κ1) is 12.5. The molecule has 16 heavy (non-hydrogen) atoms. The van der Waals surface area contributed by atoms with Gasteiger partial charge in [-0.15, -0.1) is 6.58 Å². The van der Waals surface area contributed by atoms with Gasteiger partial charge in [-0.05, 0) is 30.7 Å².